The molecular weight excluding hydrogens is 733 g/mol. The van der Waals surface area contributed by atoms with Crippen LogP contribution in [0.15, 0.2) is 0 Å². The Morgan fingerprint density at radius 3 is 1.40 bits per heavy atom. The summed E-state index contributed by atoms with van der Waals surface area (Å²) < 4.78 is 8.78. The molecular formula is C6H14O6PRf2-. The number of aliphatic hydroxyl groups is 2. The molecule has 15 heavy (non-hydrogen) atoms. The van der Waals surface area contributed by atoms with Gasteiger partial charge in [0.15, 0.2) is 0 Å². The Kier molecular flexibility index (Phi) is 9.54. The molecule has 0 fully saturated rings. The average Bonchev–Trinajstić information content (AvgIpc) is 1.98. The van der Waals surface area contributed by atoms with E-state index < -0.39 is 20.4 Å². The zero-order valence-electron chi connectivity index (χ0n) is 8.45. The van der Waals surface area contributed by atoms with Crippen LogP contribution in [-0.4, -0.2) is 45.4 Å². The van der Waals surface area contributed by atoms with Gasteiger partial charge in [0.05, 0.1) is 13.2 Å². The Labute approximate surface area is 77.4 Å². The van der Waals surface area contributed by atoms with Gasteiger partial charge in [0.1, 0.15) is 0 Å². The fourth-order valence-electron chi connectivity index (χ4n) is 0.404. The second kappa shape index (κ2) is 7.58. The van der Waals surface area contributed by atoms with E-state index in [4.69, 9.17) is 20.0 Å². The van der Waals surface area contributed by atoms with Gasteiger partial charge in [-0.3, -0.25) is 0 Å². The zero-order valence-corrected chi connectivity index (χ0v) is 22.1. The molecule has 0 amide bonds. The molecule has 0 radical (unpaired) electrons. The summed E-state index contributed by atoms with van der Waals surface area (Å²) in [5.74, 6) is 0. The molecule has 0 spiro atoms. The summed E-state index contributed by atoms with van der Waals surface area (Å²) in [4.78, 5) is 17.9. The van der Waals surface area contributed by atoms with Crippen LogP contribution in [0.25, 0.3) is 0 Å². The number of rotatable bonds is 6. The minimum Gasteiger partial charge on any atom is -0.423 e. The van der Waals surface area contributed by atoms with Crippen molar-refractivity contribution in [2.75, 3.05) is 13.2 Å². The normalized spacial score (nSPS) is 14.8. The fourth-order valence-corrected chi connectivity index (χ4v) is 1.21. The molecule has 0 rings (SSSR count). The number of hydrogen-bond acceptors (Lipinski definition) is 6. The van der Waals surface area contributed by atoms with E-state index in [0.29, 0.717) is 0 Å². The van der Waals surface area contributed by atoms with Crippen molar-refractivity contribution >= 4 is 8.17 Å². The van der Waals surface area contributed by atoms with Crippen LogP contribution in [-0.2, 0) is 9.05 Å². The van der Waals surface area contributed by atoms with E-state index in [-0.39, 0.29) is 13.2 Å². The Morgan fingerprint density at radius 1 is 0.933 bits per heavy atom. The second-order valence-corrected chi connectivity index (χ2v) is 3.89. The first kappa shape index (κ1) is 18.9. The molecule has 2 atom stereocenters. The third-order valence-corrected chi connectivity index (χ3v) is 1.84. The largest absolute Gasteiger partial charge is 0.569 e. The van der Waals surface area contributed by atoms with Crippen molar-refractivity contribution < 1.29 is 29.0 Å². The van der Waals surface area contributed by atoms with Gasteiger partial charge in [-0.25, -0.2) is 0 Å². The average molecular weight is 747 g/mol. The predicted molar refractivity (Wildman–Crippen MR) is 46.0 cm³/mol. The van der Waals surface area contributed by atoms with Gasteiger partial charge in [-0.05, 0) is 12.2 Å². The van der Waals surface area contributed by atoms with Gasteiger partial charge in [-0.1, -0.05) is 0 Å². The quantitative estimate of drug-likeness (QED) is 0.208. The standard InChI is InChI=1S/C6H14O6P.2Rf/c1-5(7)3-11-13(9,10)12-4-6(2)8;;/h5-10H,1-4H2;;/q-1;;. The van der Waals surface area contributed by atoms with Crippen molar-refractivity contribution in [3.8, 4) is 0 Å². The van der Waals surface area contributed by atoms with Crippen LogP contribution in [0, 0.1) is 13.8 Å². The Balaban J connectivity index is -0.000000720. The predicted octanol–water partition coefficient (Wildman–Crippen LogP) is -0.928. The molecule has 0 aromatic carbocycles. The first-order chi connectivity index (χ1) is 5.83. The molecule has 0 bridgehead atoms. The molecule has 9 heteroatoms. The van der Waals surface area contributed by atoms with Crippen LogP contribution in [0.3, 0.4) is 0 Å². The van der Waals surface area contributed by atoms with Crippen molar-refractivity contribution in [3.63, 3.8) is 0 Å². The van der Waals surface area contributed by atoms with Crippen molar-refractivity contribution in [2.24, 2.45) is 0 Å². The van der Waals surface area contributed by atoms with Crippen LogP contribution < -0.4 is 0 Å². The maximum absolute atomic E-state index is 8.96. The van der Waals surface area contributed by atoms with Crippen molar-refractivity contribution in [1.29, 1.82) is 0 Å². The Hall–Kier alpha value is -1.81. The summed E-state index contributed by atoms with van der Waals surface area (Å²) in [6.07, 6.45) is -2.13. The van der Waals surface area contributed by atoms with Gasteiger partial charge >= 0.3 is 8.17 Å². The molecule has 2 unspecified atom stereocenters. The van der Waals surface area contributed by atoms with Crippen LogP contribution in [0.1, 0.15) is 0 Å². The summed E-state index contributed by atoms with van der Waals surface area (Å²) >= 11 is 0. The van der Waals surface area contributed by atoms with Gasteiger partial charge in [0.25, 0.3) is 0 Å². The molecule has 0 heterocycles. The van der Waals surface area contributed by atoms with Crippen LogP contribution in [0.5, 0.6) is 0 Å². The van der Waals surface area contributed by atoms with Gasteiger partial charge in [-0.15, -0.1) is 0 Å². The van der Waals surface area contributed by atoms with Gasteiger partial charge in [0.2, 0.25) is 0 Å². The van der Waals surface area contributed by atoms with Gasteiger partial charge in [-0.2, -0.15) is 18.8 Å². The van der Waals surface area contributed by atoms with Crippen molar-refractivity contribution in [2.45, 2.75) is 12.2 Å². The van der Waals surface area contributed by atoms with E-state index in [9.17, 15) is 0 Å². The summed E-state index contributed by atoms with van der Waals surface area (Å²) in [6, 6.07) is 0. The minimum absolute atomic E-state index is 0. The van der Waals surface area contributed by atoms with Crippen LogP contribution in [0.2, 0.25) is 0 Å². The van der Waals surface area contributed by atoms with Crippen molar-refractivity contribution in [1.82, 2.24) is 0 Å². The first-order valence-electron chi connectivity index (χ1n) is 3.49. The summed E-state index contributed by atoms with van der Waals surface area (Å²) in [5.41, 5.74) is 0. The molecule has 0 aliphatic carbocycles. The summed E-state index contributed by atoms with van der Waals surface area (Å²) in [6.45, 7) is 5.58. The van der Waals surface area contributed by atoms with E-state index >= 15 is 0 Å². The molecule has 0 aromatic rings. The SMILES string of the molecule is [CH2-]C(O)CO[P+](O)(O)OCC([CH2-])O.[Rf].[Rf]. The minimum atomic E-state index is -3.95. The number of aliphatic hydroxyl groups excluding tert-OH is 2. The molecule has 6 nitrogen and oxygen atoms in total. The maximum atomic E-state index is 8.96. The van der Waals surface area contributed by atoms with E-state index in [1.165, 1.54) is 0 Å². The van der Waals surface area contributed by atoms with E-state index in [1.807, 2.05) is 0 Å². The van der Waals surface area contributed by atoms with Crippen LogP contribution >= 0.6 is 8.17 Å². The summed E-state index contributed by atoms with van der Waals surface area (Å²) in [7, 11) is -3.95. The monoisotopic (exact) mass is 747 g/mol. The molecule has 84 valence electrons. The second-order valence-electron chi connectivity index (χ2n) is 2.39. The smallest absolute Gasteiger partial charge is 0.423 e. The summed E-state index contributed by atoms with van der Waals surface area (Å²) in [5, 5.41) is 17.3. The maximum Gasteiger partial charge on any atom is 0.569 e. The van der Waals surface area contributed by atoms with Gasteiger partial charge < -0.3 is 24.1 Å². The third kappa shape index (κ3) is 12.2. The fraction of sp³-hybridized carbons (Fsp3) is 0.667. The van der Waals surface area contributed by atoms with E-state index in [1.54, 1.807) is 0 Å². The third-order valence-electron chi connectivity index (χ3n) is 0.870. The molecule has 0 saturated carbocycles. The van der Waals surface area contributed by atoms with E-state index in [2.05, 4.69) is 22.9 Å². The van der Waals surface area contributed by atoms with Gasteiger partial charge in [0, 0.05) is 0 Å². The Morgan fingerprint density at radius 2 is 1.20 bits per heavy atom. The topological polar surface area (TPSA) is 99.4 Å². The molecule has 0 aliphatic rings. The molecule has 0 saturated heterocycles. The molecule has 0 aliphatic heterocycles. The van der Waals surface area contributed by atoms with E-state index in [0.717, 1.165) is 0 Å². The first-order valence-corrected chi connectivity index (χ1v) is 5.02. The van der Waals surface area contributed by atoms with Crippen molar-refractivity contribution in [3.05, 3.63) is 13.8 Å². The molecule has 4 N–H and O–H groups in total. The zero-order chi connectivity index (χ0) is 10.5. The van der Waals surface area contributed by atoms with Crippen LogP contribution in [0.4, 0.5) is 0 Å². The Bertz CT molecular complexity index is 132. The number of hydrogen-bond donors (Lipinski definition) is 4. The molecule has 0 aromatic heterocycles.